The molecule has 0 aliphatic carbocycles. The number of aryl methyl sites for hydroxylation is 1. The second-order valence-electron chi connectivity index (χ2n) is 5.27. The van der Waals surface area contributed by atoms with Gasteiger partial charge in [-0.05, 0) is 30.2 Å². The van der Waals surface area contributed by atoms with E-state index in [2.05, 4.69) is 10.5 Å². The standard InChI is InChI=1S/C17H15N3O5/c1-2-11-3-5-12(6-4-11)17(21)19-18-9-13-7-15-16(25-10-24-15)8-14(13)20(22)23/h3-9H,2,10H2,1H3,(H,19,21)/b18-9-. The van der Waals surface area contributed by atoms with E-state index in [9.17, 15) is 14.9 Å². The summed E-state index contributed by atoms with van der Waals surface area (Å²) in [5.74, 6) is 0.305. The summed E-state index contributed by atoms with van der Waals surface area (Å²) < 4.78 is 10.3. The molecule has 0 saturated heterocycles. The molecule has 8 nitrogen and oxygen atoms in total. The molecule has 2 aromatic carbocycles. The summed E-state index contributed by atoms with van der Waals surface area (Å²) in [5.41, 5.74) is 3.95. The van der Waals surface area contributed by atoms with Gasteiger partial charge in [-0.15, -0.1) is 0 Å². The molecule has 0 radical (unpaired) electrons. The molecule has 0 atom stereocenters. The number of nitro groups is 1. The number of nitrogens with one attached hydrogen (secondary N) is 1. The predicted molar refractivity (Wildman–Crippen MR) is 90.1 cm³/mol. The molecular formula is C17H15N3O5. The summed E-state index contributed by atoms with van der Waals surface area (Å²) in [7, 11) is 0. The Bertz CT molecular complexity index is 846. The number of amides is 1. The zero-order valence-electron chi connectivity index (χ0n) is 13.4. The lowest BCUT2D eigenvalue weighted by molar-refractivity contribution is -0.385. The largest absolute Gasteiger partial charge is 0.454 e. The van der Waals surface area contributed by atoms with Crippen LogP contribution >= 0.6 is 0 Å². The number of carbonyl (C=O) groups is 1. The lowest BCUT2D eigenvalue weighted by Gasteiger charge is -2.02. The van der Waals surface area contributed by atoms with Gasteiger partial charge in [0.2, 0.25) is 6.79 Å². The fourth-order valence-corrected chi connectivity index (χ4v) is 2.33. The molecule has 25 heavy (non-hydrogen) atoms. The molecule has 1 amide bonds. The van der Waals surface area contributed by atoms with Crippen molar-refractivity contribution in [2.45, 2.75) is 13.3 Å². The van der Waals surface area contributed by atoms with Crippen molar-refractivity contribution in [3.63, 3.8) is 0 Å². The minimum absolute atomic E-state index is 0.0115. The Morgan fingerprint density at radius 2 is 1.96 bits per heavy atom. The minimum atomic E-state index is -0.547. The first kappa shape index (κ1) is 16.4. The summed E-state index contributed by atoms with van der Waals surface area (Å²) >= 11 is 0. The van der Waals surface area contributed by atoms with Crippen LogP contribution < -0.4 is 14.9 Å². The Labute approximate surface area is 143 Å². The highest BCUT2D eigenvalue weighted by Gasteiger charge is 2.22. The average Bonchev–Trinajstić information content (AvgIpc) is 3.08. The highest BCUT2D eigenvalue weighted by atomic mass is 16.7. The van der Waals surface area contributed by atoms with Gasteiger partial charge in [0.15, 0.2) is 11.5 Å². The molecule has 0 aromatic heterocycles. The molecule has 0 bridgehead atoms. The fraction of sp³-hybridized carbons (Fsp3) is 0.176. The molecule has 0 unspecified atom stereocenters. The number of carbonyl (C=O) groups excluding carboxylic acids is 1. The smallest absolute Gasteiger partial charge is 0.282 e. The number of rotatable bonds is 5. The molecule has 3 rings (SSSR count). The third-order valence-electron chi connectivity index (χ3n) is 3.71. The molecule has 2 aromatic rings. The molecular weight excluding hydrogens is 326 g/mol. The molecule has 0 spiro atoms. The Morgan fingerprint density at radius 1 is 1.28 bits per heavy atom. The third-order valence-corrected chi connectivity index (χ3v) is 3.71. The quantitative estimate of drug-likeness (QED) is 0.511. The highest BCUT2D eigenvalue weighted by molar-refractivity contribution is 5.95. The molecule has 1 heterocycles. The van der Waals surface area contributed by atoms with Crippen LogP contribution in [0.2, 0.25) is 0 Å². The minimum Gasteiger partial charge on any atom is -0.454 e. The number of hydrogen-bond donors (Lipinski definition) is 1. The first-order valence-corrected chi connectivity index (χ1v) is 7.59. The van der Waals surface area contributed by atoms with Crippen molar-refractivity contribution < 1.29 is 19.2 Å². The van der Waals surface area contributed by atoms with E-state index >= 15 is 0 Å². The molecule has 0 fully saturated rings. The van der Waals surface area contributed by atoms with Gasteiger partial charge in [0.05, 0.1) is 22.8 Å². The van der Waals surface area contributed by atoms with E-state index in [0.29, 0.717) is 17.1 Å². The lowest BCUT2D eigenvalue weighted by atomic mass is 10.1. The van der Waals surface area contributed by atoms with Crippen molar-refractivity contribution in [2.24, 2.45) is 5.10 Å². The molecule has 8 heteroatoms. The van der Waals surface area contributed by atoms with E-state index in [-0.39, 0.29) is 18.0 Å². The maximum absolute atomic E-state index is 12.0. The maximum atomic E-state index is 12.0. The van der Waals surface area contributed by atoms with Gasteiger partial charge in [0, 0.05) is 5.56 Å². The van der Waals surface area contributed by atoms with E-state index in [1.54, 1.807) is 12.1 Å². The average molecular weight is 341 g/mol. The Hall–Kier alpha value is -3.42. The van der Waals surface area contributed by atoms with Crippen LogP contribution in [0, 0.1) is 10.1 Å². The second-order valence-corrected chi connectivity index (χ2v) is 5.27. The summed E-state index contributed by atoms with van der Waals surface area (Å²) in [6, 6.07) is 9.85. The third kappa shape index (κ3) is 3.57. The van der Waals surface area contributed by atoms with E-state index in [1.165, 1.54) is 18.3 Å². The number of fused-ring (bicyclic) bond motifs is 1. The summed E-state index contributed by atoms with van der Waals surface area (Å²) in [5, 5.41) is 15.0. The summed E-state index contributed by atoms with van der Waals surface area (Å²) in [4.78, 5) is 22.7. The summed E-state index contributed by atoms with van der Waals surface area (Å²) in [6.45, 7) is 2.04. The van der Waals surface area contributed by atoms with Gasteiger partial charge < -0.3 is 9.47 Å². The number of ether oxygens (including phenoxy) is 2. The van der Waals surface area contributed by atoms with E-state index in [0.717, 1.165) is 12.0 Å². The van der Waals surface area contributed by atoms with Gasteiger partial charge in [-0.3, -0.25) is 14.9 Å². The van der Waals surface area contributed by atoms with E-state index in [4.69, 9.17) is 9.47 Å². The van der Waals surface area contributed by atoms with Crippen LogP contribution in [0.1, 0.15) is 28.4 Å². The van der Waals surface area contributed by atoms with Gasteiger partial charge in [-0.25, -0.2) is 5.43 Å². The van der Waals surface area contributed by atoms with Crippen LogP contribution in [0.15, 0.2) is 41.5 Å². The van der Waals surface area contributed by atoms with Crippen molar-refractivity contribution in [1.29, 1.82) is 0 Å². The van der Waals surface area contributed by atoms with Crippen LogP contribution in [0.5, 0.6) is 11.5 Å². The first-order valence-electron chi connectivity index (χ1n) is 7.59. The molecule has 1 N–H and O–H groups in total. The van der Waals surface area contributed by atoms with Gasteiger partial charge in [-0.2, -0.15) is 5.10 Å². The number of hydrazone groups is 1. The van der Waals surface area contributed by atoms with Gasteiger partial charge in [-0.1, -0.05) is 19.1 Å². The van der Waals surface area contributed by atoms with Crippen LogP contribution in [0.4, 0.5) is 5.69 Å². The molecule has 1 aliphatic rings. The van der Waals surface area contributed by atoms with Crippen molar-refractivity contribution in [1.82, 2.24) is 5.43 Å². The number of nitro benzene ring substituents is 1. The zero-order valence-corrected chi connectivity index (χ0v) is 13.4. The number of hydrogen-bond acceptors (Lipinski definition) is 6. The number of benzene rings is 2. The van der Waals surface area contributed by atoms with Crippen molar-refractivity contribution in [2.75, 3.05) is 6.79 Å². The topological polar surface area (TPSA) is 103 Å². The molecule has 1 aliphatic heterocycles. The van der Waals surface area contributed by atoms with Crippen molar-refractivity contribution >= 4 is 17.8 Å². The highest BCUT2D eigenvalue weighted by Crippen LogP contribution is 2.37. The van der Waals surface area contributed by atoms with Crippen molar-refractivity contribution in [3.8, 4) is 11.5 Å². The normalized spacial score (nSPS) is 12.4. The van der Waals surface area contributed by atoms with Crippen LogP contribution in [0.25, 0.3) is 0 Å². The van der Waals surface area contributed by atoms with Gasteiger partial charge in [0.1, 0.15) is 0 Å². The lowest BCUT2D eigenvalue weighted by Crippen LogP contribution is -2.17. The Kier molecular flexibility index (Phi) is 4.60. The second kappa shape index (κ2) is 7.00. The fourth-order valence-electron chi connectivity index (χ4n) is 2.33. The van der Waals surface area contributed by atoms with Crippen LogP contribution in [-0.2, 0) is 6.42 Å². The van der Waals surface area contributed by atoms with Gasteiger partial charge >= 0.3 is 0 Å². The van der Waals surface area contributed by atoms with Gasteiger partial charge in [0.25, 0.3) is 11.6 Å². The number of nitrogens with zero attached hydrogens (tertiary/aromatic N) is 2. The van der Waals surface area contributed by atoms with Crippen LogP contribution in [0.3, 0.4) is 0 Å². The Balaban J connectivity index is 1.75. The monoisotopic (exact) mass is 341 g/mol. The Morgan fingerprint density at radius 3 is 2.60 bits per heavy atom. The van der Waals surface area contributed by atoms with E-state index in [1.807, 2.05) is 19.1 Å². The first-order chi connectivity index (χ1) is 12.1. The van der Waals surface area contributed by atoms with Crippen LogP contribution in [-0.4, -0.2) is 23.8 Å². The SMILES string of the molecule is CCc1ccc(C(=O)N/N=C\c2cc3c(cc2[N+](=O)[O-])OCO3)cc1. The van der Waals surface area contributed by atoms with E-state index < -0.39 is 10.8 Å². The zero-order chi connectivity index (χ0) is 17.8. The molecule has 0 saturated carbocycles. The van der Waals surface area contributed by atoms with Crippen molar-refractivity contribution in [3.05, 3.63) is 63.2 Å². The summed E-state index contributed by atoms with van der Waals surface area (Å²) in [6.07, 6.45) is 2.09. The maximum Gasteiger partial charge on any atom is 0.282 e. The predicted octanol–water partition coefficient (Wildman–Crippen LogP) is 2.65. The molecule has 128 valence electrons.